The zero-order chi connectivity index (χ0) is 29.2. The number of hydrogen-bond donors (Lipinski definition) is 1. The van der Waals surface area contributed by atoms with Crippen LogP contribution < -0.4 is 67.7 Å². The number of imidazole rings is 1. The molecule has 43 heavy (non-hydrogen) atoms. The molecule has 214 valence electrons. The van der Waals surface area contributed by atoms with Crippen molar-refractivity contribution in [2.75, 3.05) is 6.61 Å². The molecule has 0 fully saturated rings. The summed E-state index contributed by atoms with van der Waals surface area (Å²) < 4.78 is 27.7. The molecule has 0 amide bonds. The number of aryl methyl sites for hydroxylation is 1. The fraction of sp³-hybridized carbons (Fsp3) is 0.167. The van der Waals surface area contributed by atoms with E-state index in [2.05, 4.69) is 15.1 Å². The molecule has 0 saturated heterocycles. The first-order valence-electron chi connectivity index (χ1n) is 13.0. The molecule has 6 aromatic rings. The van der Waals surface area contributed by atoms with E-state index in [-0.39, 0.29) is 88.9 Å². The molecule has 0 aliphatic rings. The molecule has 13 heteroatoms. The van der Waals surface area contributed by atoms with Gasteiger partial charge in [0.2, 0.25) is 0 Å². The summed E-state index contributed by atoms with van der Waals surface area (Å²) in [6.45, 7) is 3.72. The second-order valence-corrected chi connectivity index (χ2v) is 9.29. The van der Waals surface area contributed by atoms with Gasteiger partial charge in [0.15, 0.2) is 24.0 Å². The van der Waals surface area contributed by atoms with Crippen molar-refractivity contribution in [3.8, 4) is 28.5 Å². The van der Waals surface area contributed by atoms with E-state index >= 15 is 0 Å². The Morgan fingerprint density at radius 1 is 1.02 bits per heavy atom. The van der Waals surface area contributed by atoms with E-state index < -0.39 is 17.5 Å². The van der Waals surface area contributed by atoms with Gasteiger partial charge < -0.3 is 19.7 Å². The minimum absolute atomic E-state index is 0. The number of H-pyrrole nitrogens is 1. The average molecular weight is 609 g/mol. The summed E-state index contributed by atoms with van der Waals surface area (Å²) in [7, 11) is 0. The Kier molecular flexibility index (Phi) is 9.27. The third kappa shape index (κ3) is 6.35. The average Bonchev–Trinajstić information content (AvgIpc) is 3.68. The van der Waals surface area contributed by atoms with E-state index in [1.54, 1.807) is 29.7 Å². The van der Waals surface area contributed by atoms with Crippen molar-refractivity contribution in [1.29, 1.82) is 0 Å². The second kappa shape index (κ2) is 13.1. The number of fused-ring (bicyclic) bond motifs is 1. The molecule has 0 atom stereocenters. The number of aromatic amines is 1. The molecule has 1 N–H and O–H groups in total. The van der Waals surface area contributed by atoms with Crippen LogP contribution in [0.4, 0.5) is 0 Å². The van der Waals surface area contributed by atoms with Gasteiger partial charge in [0.25, 0.3) is 6.01 Å². The third-order valence-electron chi connectivity index (χ3n) is 6.60. The summed E-state index contributed by atoms with van der Waals surface area (Å²) in [6.07, 6.45) is 0. The van der Waals surface area contributed by atoms with Crippen molar-refractivity contribution in [2.45, 2.75) is 27.0 Å². The maximum absolute atomic E-state index is 13.3. The summed E-state index contributed by atoms with van der Waals surface area (Å²) in [6, 6.07) is 20.9. The molecule has 12 nitrogen and oxygen atoms in total. The predicted octanol–water partition coefficient (Wildman–Crippen LogP) is 1.82. The van der Waals surface area contributed by atoms with Crippen LogP contribution in [0.15, 0.2) is 89.7 Å². The van der Waals surface area contributed by atoms with E-state index in [1.807, 2.05) is 55.5 Å². The number of para-hydroxylation sites is 1. The Morgan fingerprint density at radius 2 is 1.84 bits per heavy atom. The fourth-order valence-corrected chi connectivity index (χ4v) is 4.71. The Bertz CT molecular complexity index is 2030. The standard InChI is InChI=1S/C30H24N4O8.K.H/c1-3-38-28-31-23-11-7-10-21(27(35)39-16-24-17(2)40-30(37)41-24)25(23)34(28)15-18-12-13-20(19-8-5-4-6-9-19)22(14-18)26-32-29(36)42-33-26;;/h4-14H,3,15-16H2,1-2H3,(H,32,33,36);;/q;+1;-1. The maximum atomic E-state index is 13.3. The van der Waals surface area contributed by atoms with Crippen LogP contribution in [-0.4, -0.2) is 32.3 Å². The summed E-state index contributed by atoms with van der Waals surface area (Å²) in [5.74, 6) is -1.53. The minimum Gasteiger partial charge on any atom is -1.00 e. The Labute approximate surface area is 287 Å². The van der Waals surface area contributed by atoms with Gasteiger partial charge in [-0.3, -0.25) is 14.1 Å². The van der Waals surface area contributed by atoms with Gasteiger partial charge in [-0.2, -0.15) is 4.98 Å². The van der Waals surface area contributed by atoms with E-state index in [0.717, 1.165) is 16.7 Å². The number of aromatic nitrogens is 4. The number of ether oxygens (including phenoxy) is 2. The second-order valence-electron chi connectivity index (χ2n) is 9.29. The SMILES string of the molecule is CCOc1nc2cccc(C(=O)OCc3oc(=O)oc3C)c2n1Cc1ccc(-c2ccccc2)c(-c2noc(=O)[nH]2)c1.[H-].[K+]. The minimum atomic E-state index is -0.868. The first-order valence-corrected chi connectivity index (χ1v) is 13.0. The van der Waals surface area contributed by atoms with Crippen LogP contribution in [0, 0.1) is 6.92 Å². The van der Waals surface area contributed by atoms with Crippen LogP contribution in [0.1, 0.15) is 35.8 Å². The number of rotatable bonds is 9. The number of nitrogens with one attached hydrogen (secondary N) is 1. The summed E-state index contributed by atoms with van der Waals surface area (Å²) in [4.78, 5) is 43.7. The third-order valence-corrected chi connectivity index (χ3v) is 6.60. The van der Waals surface area contributed by atoms with Crippen molar-refractivity contribution in [3.05, 3.63) is 111 Å². The number of nitrogens with zero attached hydrogens (tertiary/aromatic N) is 3. The largest absolute Gasteiger partial charge is 1.00 e. The van der Waals surface area contributed by atoms with Gasteiger partial charge in [-0.05, 0) is 48.7 Å². The first kappa shape index (κ1) is 30.4. The quantitative estimate of drug-likeness (QED) is 0.190. The van der Waals surface area contributed by atoms with Crippen molar-refractivity contribution in [2.24, 2.45) is 0 Å². The molecular weight excluding hydrogens is 583 g/mol. The van der Waals surface area contributed by atoms with Gasteiger partial charge in [0.05, 0.1) is 29.7 Å². The molecule has 0 spiro atoms. The van der Waals surface area contributed by atoms with Crippen LogP contribution in [0.2, 0.25) is 0 Å². The molecular formula is C30H25KN4O8. The number of esters is 1. The number of carbonyl (C=O) groups excluding carboxylic acids is 1. The van der Waals surface area contributed by atoms with E-state index in [4.69, 9.17) is 22.8 Å². The van der Waals surface area contributed by atoms with Gasteiger partial charge in [0.1, 0.15) is 0 Å². The number of carbonyl (C=O) groups is 1. The van der Waals surface area contributed by atoms with E-state index in [0.29, 0.717) is 29.2 Å². The Hall–Kier alpha value is -4.01. The molecule has 3 heterocycles. The number of hydrogen-bond acceptors (Lipinski definition) is 10. The molecule has 0 bridgehead atoms. The summed E-state index contributed by atoms with van der Waals surface area (Å²) >= 11 is 0. The van der Waals surface area contributed by atoms with Gasteiger partial charge in [0, 0.05) is 5.56 Å². The molecule has 3 aromatic heterocycles. The molecule has 6 rings (SSSR count). The maximum Gasteiger partial charge on any atom is 1.00 e. The Morgan fingerprint density at radius 3 is 2.53 bits per heavy atom. The van der Waals surface area contributed by atoms with Crippen LogP contribution in [0.25, 0.3) is 33.5 Å². The molecule has 3 aromatic carbocycles. The summed E-state index contributed by atoms with van der Waals surface area (Å²) in [5, 5.41) is 3.92. The van der Waals surface area contributed by atoms with Crippen molar-refractivity contribution < 1.29 is 80.4 Å². The van der Waals surface area contributed by atoms with Crippen molar-refractivity contribution in [3.63, 3.8) is 0 Å². The van der Waals surface area contributed by atoms with E-state index in [9.17, 15) is 14.4 Å². The zero-order valence-electron chi connectivity index (χ0n) is 24.6. The normalized spacial score (nSPS) is 10.9. The van der Waals surface area contributed by atoms with Crippen LogP contribution in [0.5, 0.6) is 6.01 Å². The molecule has 0 unspecified atom stereocenters. The van der Waals surface area contributed by atoms with Crippen molar-refractivity contribution >= 4 is 17.0 Å². The predicted molar refractivity (Wildman–Crippen MR) is 150 cm³/mol. The Balaban J connectivity index is 0.00000221. The topological polar surface area (TPSA) is 156 Å². The first-order chi connectivity index (χ1) is 20.4. The fourth-order valence-electron chi connectivity index (χ4n) is 4.71. The molecule has 0 aliphatic heterocycles. The molecule has 0 aliphatic carbocycles. The number of benzene rings is 3. The van der Waals surface area contributed by atoms with Crippen LogP contribution >= 0.6 is 0 Å². The summed E-state index contributed by atoms with van der Waals surface area (Å²) in [5.41, 5.74) is 4.52. The monoisotopic (exact) mass is 608 g/mol. The van der Waals surface area contributed by atoms with Gasteiger partial charge in [-0.15, -0.1) is 0 Å². The van der Waals surface area contributed by atoms with Gasteiger partial charge >= 0.3 is 68.9 Å². The smallest absolute Gasteiger partial charge is 1.00 e. The molecule has 0 saturated carbocycles. The van der Waals surface area contributed by atoms with E-state index in [1.165, 1.54) is 0 Å². The van der Waals surface area contributed by atoms with Gasteiger partial charge in [-0.1, -0.05) is 53.7 Å². The zero-order valence-corrected chi connectivity index (χ0v) is 26.7. The van der Waals surface area contributed by atoms with Gasteiger partial charge in [-0.25, -0.2) is 14.4 Å². The van der Waals surface area contributed by atoms with Crippen molar-refractivity contribution in [1.82, 2.24) is 19.7 Å². The van der Waals surface area contributed by atoms with Crippen LogP contribution in [0.3, 0.4) is 0 Å². The molecule has 0 radical (unpaired) electrons. The van der Waals surface area contributed by atoms with Crippen LogP contribution in [-0.2, 0) is 17.9 Å².